The molecule has 2 unspecified atom stereocenters. The molecule has 3 N–H and O–H groups in total. The summed E-state index contributed by atoms with van der Waals surface area (Å²) in [5.74, 6) is 2.16. The summed E-state index contributed by atoms with van der Waals surface area (Å²) in [5.41, 5.74) is 5.85. The van der Waals surface area contributed by atoms with Crippen molar-refractivity contribution in [3.63, 3.8) is 0 Å². The van der Waals surface area contributed by atoms with E-state index in [2.05, 4.69) is 26.1 Å². The predicted molar refractivity (Wildman–Crippen MR) is 76.2 cm³/mol. The molecule has 1 aliphatic carbocycles. The number of rotatable bonds is 6. The maximum Gasteiger partial charge on any atom is 0.236 e. The van der Waals surface area contributed by atoms with E-state index in [0.29, 0.717) is 5.92 Å². The Labute approximate surface area is 112 Å². The van der Waals surface area contributed by atoms with E-state index >= 15 is 0 Å². The number of hydrogen-bond donors (Lipinski definition) is 2. The van der Waals surface area contributed by atoms with Gasteiger partial charge in [0.2, 0.25) is 5.91 Å². The predicted octanol–water partition coefficient (Wildman–Crippen LogP) is 2.69. The molecule has 0 saturated heterocycles. The van der Waals surface area contributed by atoms with Gasteiger partial charge in [0, 0.05) is 6.54 Å². The first-order valence-electron chi connectivity index (χ1n) is 7.52. The molecule has 0 aromatic heterocycles. The summed E-state index contributed by atoms with van der Waals surface area (Å²) in [4.78, 5) is 11.7. The summed E-state index contributed by atoms with van der Waals surface area (Å²) in [6, 6.07) is -0.338. The first kappa shape index (κ1) is 15.5. The molecule has 0 bridgehead atoms. The first-order valence-corrected chi connectivity index (χ1v) is 7.52. The fourth-order valence-electron chi connectivity index (χ4n) is 2.97. The van der Waals surface area contributed by atoms with Crippen molar-refractivity contribution < 1.29 is 4.79 Å². The van der Waals surface area contributed by atoms with E-state index in [0.717, 1.165) is 31.2 Å². The van der Waals surface area contributed by atoms with Crippen molar-refractivity contribution in [2.45, 2.75) is 65.3 Å². The van der Waals surface area contributed by atoms with E-state index in [4.69, 9.17) is 5.73 Å². The van der Waals surface area contributed by atoms with E-state index in [9.17, 15) is 4.79 Å². The highest BCUT2D eigenvalue weighted by atomic mass is 16.2. The zero-order chi connectivity index (χ0) is 13.5. The van der Waals surface area contributed by atoms with Crippen molar-refractivity contribution in [2.75, 3.05) is 6.54 Å². The monoisotopic (exact) mass is 254 g/mol. The van der Waals surface area contributed by atoms with Gasteiger partial charge in [0.25, 0.3) is 0 Å². The number of hydrogen-bond acceptors (Lipinski definition) is 2. The quantitative estimate of drug-likeness (QED) is 0.765. The highest BCUT2D eigenvalue weighted by Crippen LogP contribution is 2.30. The Morgan fingerprint density at radius 2 is 2.11 bits per heavy atom. The van der Waals surface area contributed by atoms with Crippen LogP contribution in [-0.2, 0) is 4.79 Å². The van der Waals surface area contributed by atoms with Gasteiger partial charge in [-0.15, -0.1) is 0 Å². The van der Waals surface area contributed by atoms with Gasteiger partial charge in [-0.25, -0.2) is 0 Å². The molecule has 1 amide bonds. The summed E-state index contributed by atoms with van der Waals surface area (Å²) in [6.07, 6.45) is 7.28. The second kappa shape index (κ2) is 7.78. The van der Waals surface area contributed by atoms with Crippen molar-refractivity contribution >= 4 is 5.91 Å². The average molecular weight is 254 g/mol. The Hall–Kier alpha value is -0.570. The topological polar surface area (TPSA) is 55.1 Å². The fraction of sp³-hybridized carbons (Fsp3) is 0.933. The average Bonchev–Trinajstić information content (AvgIpc) is 2.28. The molecule has 3 atom stereocenters. The van der Waals surface area contributed by atoms with E-state index in [1.807, 2.05) is 0 Å². The molecule has 18 heavy (non-hydrogen) atoms. The molecule has 1 rings (SSSR count). The molecule has 0 spiro atoms. The van der Waals surface area contributed by atoms with Gasteiger partial charge in [-0.05, 0) is 37.0 Å². The van der Waals surface area contributed by atoms with Crippen LogP contribution in [-0.4, -0.2) is 18.5 Å². The Morgan fingerprint density at radius 3 is 2.72 bits per heavy atom. The van der Waals surface area contributed by atoms with Gasteiger partial charge >= 0.3 is 0 Å². The fourth-order valence-corrected chi connectivity index (χ4v) is 2.97. The third-order valence-electron chi connectivity index (χ3n) is 3.96. The number of nitrogens with one attached hydrogen (secondary N) is 1. The zero-order valence-electron chi connectivity index (χ0n) is 12.2. The smallest absolute Gasteiger partial charge is 0.236 e. The van der Waals surface area contributed by atoms with Crippen LogP contribution in [0.3, 0.4) is 0 Å². The molecular formula is C15H30N2O. The van der Waals surface area contributed by atoms with Crippen molar-refractivity contribution in [1.82, 2.24) is 5.32 Å². The van der Waals surface area contributed by atoms with Gasteiger partial charge in [0.15, 0.2) is 0 Å². The highest BCUT2D eigenvalue weighted by Gasteiger charge is 2.19. The van der Waals surface area contributed by atoms with Crippen LogP contribution in [0.15, 0.2) is 0 Å². The highest BCUT2D eigenvalue weighted by molar-refractivity contribution is 5.81. The van der Waals surface area contributed by atoms with Gasteiger partial charge in [-0.3, -0.25) is 4.79 Å². The van der Waals surface area contributed by atoms with Gasteiger partial charge < -0.3 is 11.1 Å². The molecule has 3 heteroatoms. The molecular weight excluding hydrogens is 224 g/mol. The Morgan fingerprint density at radius 1 is 1.39 bits per heavy atom. The van der Waals surface area contributed by atoms with Crippen molar-refractivity contribution in [1.29, 1.82) is 0 Å². The lowest BCUT2D eigenvalue weighted by Crippen LogP contribution is -2.42. The van der Waals surface area contributed by atoms with E-state index < -0.39 is 0 Å². The van der Waals surface area contributed by atoms with Crippen molar-refractivity contribution in [3.8, 4) is 0 Å². The van der Waals surface area contributed by atoms with Crippen LogP contribution in [0.1, 0.15) is 59.3 Å². The summed E-state index contributed by atoms with van der Waals surface area (Å²) in [6.45, 7) is 7.32. The van der Waals surface area contributed by atoms with Crippen LogP contribution in [0.2, 0.25) is 0 Å². The molecule has 106 valence electrons. The minimum atomic E-state index is -0.338. The van der Waals surface area contributed by atoms with E-state index in [-0.39, 0.29) is 11.9 Å². The van der Waals surface area contributed by atoms with Crippen LogP contribution in [0.25, 0.3) is 0 Å². The van der Waals surface area contributed by atoms with Crippen LogP contribution in [0.4, 0.5) is 0 Å². The van der Waals surface area contributed by atoms with Crippen molar-refractivity contribution in [3.05, 3.63) is 0 Å². The number of amides is 1. The maximum absolute atomic E-state index is 11.7. The third-order valence-corrected chi connectivity index (χ3v) is 3.96. The minimum Gasteiger partial charge on any atom is -0.355 e. The molecule has 0 aromatic rings. The van der Waals surface area contributed by atoms with Crippen LogP contribution < -0.4 is 11.1 Å². The molecule has 0 heterocycles. The van der Waals surface area contributed by atoms with Crippen LogP contribution in [0.5, 0.6) is 0 Å². The molecule has 1 saturated carbocycles. The zero-order valence-corrected chi connectivity index (χ0v) is 12.2. The first-order chi connectivity index (χ1) is 8.49. The largest absolute Gasteiger partial charge is 0.355 e. The molecule has 1 aliphatic rings. The second-order valence-electron chi connectivity index (χ2n) is 6.45. The number of nitrogens with two attached hydrogens (primary N) is 1. The third kappa shape index (κ3) is 5.85. The second-order valence-corrected chi connectivity index (χ2v) is 6.45. The lowest BCUT2D eigenvalue weighted by Gasteiger charge is -2.26. The van der Waals surface area contributed by atoms with Gasteiger partial charge in [-0.1, -0.05) is 40.0 Å². The summed E-state index contributed by atoms with van der Waals surface area (Å²) >= 11 is 0. The number of carbonyl (C=O) groups is 1. The summed E-state index contributed by atoms with van der Waals surface area (Å²) in [5, 5.41) is 2.99. The molecule has 3 nitrogen and oxygen atoms in total. The minimum absolute atomic E-state index is 0.0209. The Kier molecular flexibility index (Phi) is 6.69. The normalized spacial score (nSPS) is 26.1. The summed E-state index contributed by atoms with van der Waals surface area (Å²) in [7, 11) is 0. The lowest BCUT2D eigenvalue weighted by atomic mass is 9.81. The standard InChI is InChI=1S/C15H30N2O/c1-11(2)9-14(16)15(18)17-8-7-13-6-4-5-12(3)10-13/h11-14H,4-10,16H2,1-3H3,(H,17,18)/t12?,13?,14-/m1/s1. The Bertz CT molecular complexity index is 253. The lowest BCUT2D eigenvalue weighted by molar-refractivity contribution is -0.122. The van der Waals surface area contributed by atoms with E-state index in [1.54, 1.807) is 0 Å². The van der Waals surface area contributed by atoms with Crippen LogP contribution in [0, 0.1) is 17.8 Å². The van der Waals surface area contributed by atoms with Crippen molar-refractivity contribution in [2.24, 2.45) is 23.5 Å². The molecule has 1 fully saturated rings. The van der Waals surface area contributed by atoms with Crippen LogP contribution >= 0.6 is 0 Å². The molecule has 0 radical (unpaired) electrons. The van der Waals surface area contributed by atoms with Gasteiger partial charge in [0.05, 0.1) is 6.04 Å². The van der Waals surface area contributed by atoms with Gasteiger partial charge in [0.1, 0.15) is 0 Å². The molecule has 0 aliphatic heterocycles. The number of carbonyl (C=O) groups excluding carboxylic acids is 1. The van der Waals surface area contributed by atoms with E-state index in [1.165, 1.54) is 25.7 Å². The molecule has 0 aromatic carbocycles. The summed E-state index contributed by atoms with van der Waals surface area (Å²) < 4.78 is 0. The SMILES string of the molecule is CC(C)C[C@@H](N)C(=O)NCCC1CCCC(C)C1. The Balaban J connectivity index is 2.14. The van der Waals surface area contributed by atoms with Gasteiger partial charge in [-0.2, -0.15) is 0 Å². The maximum atomic E-state index is 11.7.